The fourth-order valence-corrected chi connectivity index (χ4v) is 7.74. The molecule has 11 heteroatoms. The number of anilines is 1. The van der Waals surface area contributed by atoms with Crippen LogP contribution in [0, 0.1) is 0 Å². The number of halogens is 1. The van der Waals surface area contributed by atoms with E-state index in [1.807, 2.05) is 54.6 Å². The van der Waals surface area contributed by atoms with Crippen LogP contribution in [0.15, 0.2) is 59.1 Å². The molecule has 0 spiro atoms. The molecule has 1 N–H and O–H groups in total. The Morgan fingerprint density at radius 2 is 1.82 bits per heavy atom. The van der Waals surface area contributed by atoms with E-state index in [9.17, 15) is 18.0 Å². The van der Waals surface area contributed by atoms with Crippen LogP contribution in [0.5, 0.6) is 5.75 Å². The quantitative estimate of drug-likeness (QED) is 0.307. The summed E-state index contributed by atoms with van der Waals surface area (Å²) in [6.07, 6.45) is 1.37. The van der Waals surface area contributed by atoms with Gasteiger partial charge in [-0.1, -0.05) is 42.5 Å². The van der Waals surface area contributed by atoms with E-state index in [-0.39, 0.29) is 29.0 Å². The van der Waals surface area contributed by atoms with Crippen LogP contribution in [0.4, 0.5) is 5.69 Å². The molecule has 3 aromatic rings. The Bertz CT molecular complexity index is 1400. The lowest BCUT2D eigenvalue weighted by Crippen LogP contribution is -2.42. The molecule has 0 unspecified atom stereocenters. The van der Waals surface area contributed by atoms with Gasteiger partial charge in [-0.3, -0.25) is 4.79 Å². The molecule has 1 aromatic heterocycles. The summed E-state index contributed by atoms with van der Waals surface area (Å²) in [4.78, 5) is 25.1. The summed E-state index contributed by atoms with van der Waals surface area (Å²) < 4.78 is 38.3. The maximum Gasteiger partial charge on any atom is 0.352 e. The van der Waals surface area contributed by atoms with Crippen molar-refractivity contribution < 1.29 is 27.5 Å². The number of rotatable bonds is 9. The second-order valence-electron chi connectivity index (χ2n) is 8.86. The average Bonchev–Trinajstić information content (AvgIpc) is 3.20. The first-order chi connectivity index (χ1) is 18.2. The Balaban J connectivity index is 1.45. The number of nitrogens with zero attached hydrogens (tertiary/aromatic N) is 1. The van der Waals surface area contributed by atoms with Crippen molar-refractivity contribution in [3.8, 4) is 16.2 Å². The Morgan fingerprint density at radius 1 is 1.11 bits per heavy atom. The number of piperidine rings is 1. The van der Waals surface area contributed by atoms with Gasteiger partial charge in [-0.05, 0) is 59.0 Å². The van der Waals surface area contributed by atoms with E-state index in [1.165, 1.54) is 18.3 Å². The lowest BCUT2D eigenvalue weighted by atomic mass is 10.1. The largest absolute Gasteiger partial charge is 0.462 e. The van der Waals surface area contributed by atoms with Crippen LogP contribution >= 0.6 is 27.3 Å². The first-order valence-corrected chi connectivity index (χ1v) is 15.5. The third-order valence-corrected chi connectivity index (χ3v) is 10.1. The van der Waals surface area contributed by atoms with Crippen LogP contribution in [0.25, 0.3) is 10.4 Å². The fraction of sp³-hybridized carbons (Fsp3) is 0.333. The summed E-state index contributed by atoms with van der Waals surface area (Å²) >= 11 is 4.69. The van der Waals surface area contributed by atoms with Gasteiger partial charge in [-0.15, -0.1) is 11.3 Å². The zero-order valence-corrected chi connectivity index (χ0v) is 24.3. The molecule has 1 saturated heterocycles. The van der Waals surface area contributed by atoms with Gasteiger partial charge in [0.1, 0.15) is 0 Å². The summed E-state index contributed by atoms with van der Waals surface area (Å²) in [6.45, 7) is 4.11. The third kappa shape index (κ3) is 6.82. The molecule has 2 aromatic carbocycles. The number of sulfonamides is 1. The van der Waals surface area contributed by atoms with Crippen molar-refractivity contribution >= 4 is 54.9 Å². The lowest BCUT2D eigenvalue weighted by Gasteiger charge is -2.32. The standard InChI is InChI=1S/C27H29BrN2O6S2/c1-3-35-27(32)26-24(36-18(2)31)23(28)25(37-26)20-10-7-11-22(16-20)29-21-12-14-30(15-13-21)38(33,34)17-19-8-5-4-6-9-19/h4-11,16,21,29H,3,12-15,17H2,1-2H3. The maximum absolute atomic E-state index is 12.9. The number of thiophene rings is 1. The van der Waals surface area contributed by atoms with Crippen LogP contribution in [0.2, 0.25) is 0 Å². The first-order valence-electron chi connectivity index (χ1n) is 12.2. The van der Waals surface area contributed by atoms with Crippen LogP contribution in [-0.2, 0) is 25.3 Å². The van der Waals surface area contributed by atoms with Gasteiger partial charge in [-0.2, -0.15) is 0 Å². The number of carbonyl (C=O) groups is 2. The number of ether oxygens (including phenoxy) is 2. The predicted molar refractivity (Wildman–Crippen MR) is 152 cm³/mol. The molecule has 0 atom stereocenters. The fourth-order valence-electron chi connectivity index (χ4n) is 4.29. The zero-order chi connectivity index (χ0) is 27.3. The summed E-state index contributed by atoms with van der Waals surface area (Å²) in [5, 5.41) is 3.52. The SMILES string of the molecule is CCOC(=O)c1sc(-c2cccc(NC3CCN(S(=O)(=O)Cc4ccccc4)CC3)c2)c(Br)c1OC(C)=O. The normalized spacial score (nSPS) is 14.7. The highest BCUT2D eigenvalue weighted by molar-refractivity contribution is 9.10. The van der Waals surface area contributed by atoms with Gasteiger partial charge < -0.3 is 14.8 Å². The second-order valence-corrected chi connectivity index (χ2v) is 12.6. The van der Waals surface area contributed by atoms with E-state index in [0.29, 0.717) is 30.4 Å². The highest BCUT2D eigenvalue weighted by Crippen LogP contribution is 2.46. The molecule has 2 heterocycles. The van der Waals surface area contributed by atoms with Crippen molar-refractivity contribution in [3.63, 3.8) is 0 Å². The monoisotopic (exact) mass is 620 g/mol. The average molecular weight is 622 g/mol. The van der Waals surface area contributed by atoms with Crippen LogP contribution < -0.4 is 10.1 Å². The molecule has 1 fully saturated rings. The molecule has 1 aliphatic heterocycles. The smallest absolute Gasteiger partial charge is 0.352 e. The molecule has 8 nitrogen and oxygen atoms in total. The van der Waals surface area contributed by atoms with Crippen LogP contribution in [-0.4, -0.2) is 50.4 Å². The van der Waals surface area contributed by atoms with E-state index < -0.39 is 22.0 Å². The Labute approximate surface area is 235 Å². The van der Waals surface area contributed by atoms with Gasteiger partial charge >= 0.3 is 11.9 Å². The van der Waals surface area contributed by atoms with E-state index >= 15 is 0 Å². The highest BCUT2D eigenvalue weighted by Gasteiger charge is 2.29. The van der Waals surface area contributed by atoms with Crippen molar-refractivity contribution in [2.75, 3.05) is 25.0 Å². The third-order valence-electron chi connectivity index (χ3n) is 6.05. The molecule has 1 aliphatic rings. The Kier molecular flexibility index (Phi) is 9.24. The molecule has 4 rings (SSSR count). The topological polar surface area (TPSA) is 102 Å². The molecule has 0 saturated carbocycles. The zero-order valence-electron chi connectivity index (χ0n) is 21.1. The number of esters is 2. The molecular formula is C27H29BrN2O6S2. The second kappa shape index (κ2) is 12.4. The van der Waals surface area contributed by atoms with E-state index in [0.717, 1.165) is 21.7 Å². The van der Waals surface area contributed by atoms with Gasteiger partial charge in [0, 0.05) is 31.7 Å². The van der Waals surface area contributed by atoms with Crippen molar-refractivity contribution in [2.24, 2.45) is 0 Å². The molecular weight excluding hydrogens is 592 g/mol. The van der Waals surface area contributed by atoms with Crippen LogP contribution in [0.1, 0.15) is 41.9 Å². The van der Waals surface area contributed by atoms with E-state index in [4.69, 9.17) is 9.47 Å². The van der Waals surface area contributed by atoms with Crippen molar-refractivity contribution in [1.29, 1.82) is 0 Å². The maximum atomic E-state index is 12.9. The predicted octanol–water partition coefficient (Wildman–Crippen LogP) is 5.69. The number of hydrogen-bond acceptors (Lipinski definition) is 8. The first kappa shape index (κ1) is 28.3. The Hall–Kier alpha value is -2.73. The molecule has 0 radical (unpaired) electrons. The highest BCUT2D eigenvalue weighted by atomic mass is 79.9. The summed E-state index contributed by atoms with van der Waals surface area (Å²) in [7, 11) is -3.37. The summed E-state index contributed by atoms with van der Waals surface area (Å²) in [6, 6.07) is 17.1. The van der Waals surface area contributed by atoms with Crippen molar-refractivity contribution in [1.82, 2.24) is 4.31 Å². The van der Waals surface area contributed by atoms with E-state index in [2.05, 4.69) is 21.2 Å². The minimum atomic E-state index is -3.37. The summed E-state index contributed by atoms with van der Waals surface area (Å²) in [5.74, 6) is -0.928. The Morgan fingerprint density at radius 3 is 2.47 bits per heavy atom. The van der Waals surface area contributed by atoms with Gasteiger partial charge in [0.05, 0.1) is 21.7 Å². The van der Waals surface area contributed by atoms with Gasteiger partial charge in [0.2, 0.25) is 10.0 Å². The lowest BCUT2D eigenvalue weighted by molar-refractivity contribution is -0.131. The van der Waals surface area contributed by atoms with Crippen molar-refractivity contribution in [2.45, 2.75) is 38.5 Å². The number of nitrogens with one attached hydrogen (secondary N) is 1. The van der Waals surface area contributed by atoms with Crippen molar-refractivity contribution in [3.05, 3.63) is 69.5 Å². The molecule has 0 bridgehead atoms. The molecule has 38 heavy (non-hydrogen) atoms. The molecule has 0 amide bonds. The van der Waals surface area contributed by atoms with Gasteiger partial charge in [-0.25, -0.2) is 17.5 Å². The van der Waals surface area contributed by atoms with Gasteiger partial charge in [0.25, 0.3) is 0 Å². The summed E-state index contributed by atoms with van der Waals surface area (Å²) in [5.41, 5.74) is 2.49. The van der Waals surface area contributed by atoms with Crippen LogP contribution in [0.3, 0.4) is 0 Å². The molecule has 0 aliphatic carbocycles. The van der Waals surface area contributed by atoms with E-state index in [1.54, 1.807) is 11.2 Å². The number of hydrogen-bond donors (Lipinski definition) is 1. The minimum Gasteiger partial charge on any atom is -0.462 e. The van der Waals surface area contributed by atoms with Gasteiger partial charge in [0.15, 0.2) is 10.6 Å². The number of benzene rings is 2. The minimum absolute atomic E-state index is 0.00674. The molecule has 202 valence electrons. The number of carbonyl (C=O) groups excluding carboxylic acids is 2.